The van der Waals surface area contributed by atoms with E-state index in [2.05, 4.69) is 42.6 Å². The van der Waals surface area contributed by atoms with Gasteiger partial charge >= 0.3 is 0 Å². The van der Waals surface area contributed by atoms with Gasteiger partial charge in [0.25, 0.3) is 5.56 Å². The zero-order chi connectivity index (χ0) is 23.6. The first-order valence-corrected chi connectivity index (χ1v) is 11.7. The fourth-order valence-electron chi connectivity index (χ4n) is 4.71. The monoisotopic (exact) mass is 458 g/mol. The van der Waals surface area contributed by atoms with Crippen LogP contribution in [-0.4, -0.2) is 21.2 Å². The number of nitrogens with one attached hydrogen (secondary N) is 2. The van der Waals surface area contributed by atoms with Crippen molar-refractivity contribution >= 4 is 22.5 Å². The molecular formula is C25H35ClN4O2. The lowest BCUT2D eigenvalue weighted by atomic mass is 10.0. The van der Waals surface area contributed by atoms with Gasteiger partial charge in [-0.05, 0) is 70.0 Å². The summed E-state index contributed by atoms with van der Waals surface area (Å²) in [6.45, 7) is 11.1. The van der Waals surface area contributed by atoms with Crippen molar-refractivity contribution in [1.82, 2.24) is 14.9 Å². The highest BCUT2D eigenvalue weighted by molar-refractivity contribution is 6.31. The Labute approximate surface area is 194 Å². The number of pyridine rings is 1. The van der Waals surface area contributed by atoms with Gasteiger partial charge < -0.3 is 20.4 Å². The van der Waals surface area contributed by atoms with Crippen LogP contribution in [0.2, 0.25) is 5.02 Å². The average molecular weight is 459 g/mol. The van der Waals surface area contributed by atoms with E-state index in [1.807, 2.05) is 19.1 Å². The van der Waals surface area contributed by atoms with Crippen LogP contribution in [0, 0.1) is 13.8 Å². The normalized spacial score (nSPS) is 12.8. The lowest BCUT2D eigenvalue weighted by molar-refractivity contribution is 0.138. The van der Waals surface area contributed by atoms with E-state index in [1.165, 1.54) is 0 Å². The molecule has 1 atom stereocenters. The molecule has 0 radical (unpaired) electrons. The molecule has 0 bridgehead atoms. The summed E-state index contributed by atoms with van der Waals surface area (Å²) in [4.78, 5) is 15.5. The molecule has 3 rings (SSSR count). The van der Waals surface area contributed by atoms with Gasteiger partial charge in [-0.25, -0.2) is 0 Å². The molecule has 0 spiro atoms. The molecule has 0 fully saturated rings. The first kappa shape index (κ1) is 24.5. The number of hydrogen-bond acceptors (Lipinski definition) is 4. The molecule has 1 unspecified atom stereocenters. The fraction of sp³-hybridized carbons (Fsp3) is 0.480. The summed E-state index contributed by atoms with van der Waals surface area (Å²) >= 11 is 6.48. The van der Waals surface area contributed by atoms with Crippen molar-refractivity contribution in [2.45, 2.75) is 72.7 Å². The summed E-state index contributed by atoms with van der Waals surface area (Å²) in [5, 5.41) is 15.8. The Balaban J connectivity index is 2.04. The molecule has 2 aromatic heterocycles. The van der Waals surface area contributed by atoms with Crippen LogP contribution in [0.25, 0.3) is 10.9 Å². The molecule has 174 valence electrons. The fourth-order valence-corrected chi connectivity index (χ4v) is 4.93. The molecular weight excluding hydrogens is 424 g/mol. The third-order valence-electron chi connectivity index (χ3n) is 6.02. The van der Waals surface area contributed by atoms with Crippen molar-refractivity contribution in [3.05, 3.63) is 67.2 Å². The Morgan fingerprint density at radius 3 is 2.56 bits per heavy atom. The molecule has 0 aliphatic heterocycles. The molecule has 5 N–H and O–H groups in total. The zero-order valence-corrected chi connectivity index (χ0v) is 20.4. The number of H-pyrrole nitrogens is 1. The molecule has 2 heterocycles. The number of aromatic nitrogens is 2. The largest absolute Gasteiger partial charge is 0.374 e. The number of nitrogens with zero attached hydrogens (tertiary/aromatic N) is 1. The summed E-state index contributed by atoms with van der Waals surface area (Å²) < 4.78 is 2.25. The van der Waals surface area contributed by atoms with E-state index in [4.69, 9.17) is 17.3 Å². The summed E-state index contributed by atoms with van der Waals surface area (Å²) in [7, 11) is 0. The number of hydrogen-bond donors (Lipinski definition) is 4. The Morgan fingerprint density at radius 2 is 1.94 bits per heavy atom. The van der Waals surface area contributed by atoms with E-state index in [1.54, 1.807) is 6.07 Å². The summed E-state index contributed by atoms with van der Waals surface area (Å²) in [5.41, 5.74) is 12.3. The molecule has 0 saturated heterocycles. The van der Waals surface area contributed by atoms with Gasteiger partial charge in [0, 0.05) is 51.9 Å². The second kappa shape index (κ2) is 10.2. The number of benzene rings is 1. The topological polar surface area (TPSA) is 96.1 Å². The quantitative estimate of drug-likeness (QED) is 0.357. The number of aromatic amines is 1. The minimum absolute atomic E-state index is 0.114. The number of fused-ring (bicyclic) bond motifs is 1. The minimum Gasteiger partial charge on any atom is -0.374 e. The molecule has 0 amide bonds. The van der Waals surface area contributed by atoms with Crippen molar-refractivity contribution in [2.75, 3.05) is 6.54 Å². The minimum atomic E-state index is -0.973. The second-order valence-corrected chi connectivity index (χ2v) is 9.22. The van der Waals surface area contributed by atoms with E-state index in [9.17, 15) is 9.90 Å². The van der Waals surface area contributed by atoms with E-state index in [-0.39, 0.29) is 18.1 Å². The van der Waals surface area contributed by atoms with E-state index in [0.717, 1.165) is 52.7 Å². The highest BCUT2D eigenvalue weighted by atomic mass is 35.5. The van der Waals surface area contributed by atoms with Gasteiger partial charge in [0.2, 0.25) is 0 Å². The Morgan fingerprint density at radius 1 is 1.22 bits per heavy atom. The smallest absolute Gasteiger partial charge is 0.252 e. The molecule has 0 aliphatic rings. The molecule has 3 aromatic rings. The van der Waals surface area contributed by atoms with Gasteiger partial charge in [0.15, 0.2) is 0 Å². The van der Waals surface area contributed by atoms with Crippen LogP contribution in [0.15, 0.2) is 23.0 Å². The van der Waals surface area contributed by atoms with Crippen LogP contribution in [0.5, 0.6) is 0 Å². The predicted molar refractivity (Wildman–Crippen MR) is 132 cm³/mol. The zero-order valence-electron chi connectivity index (χ0n) is 19.7. The van der Waals surface area contributed by atoms with Crippen LogP contribution < -0.4 is 16.6 Å². The van der Waals surface area contributed by atoms with Crippen molar-refractivity contribution < 1.29 is 5.11 Å². The maximum atomic E-state index is 12.6. The maximum absolute atomic E-state index is 12.6. The number of rotatable bonds is 9. The standard InChI is InChI=1S/C25H35ClN4O2/c1-6-7-17-10-15(4)29-25(32)20(17)13-28-24(31)19-11-18(26)12-22-23(19)16(5)21(8-9-27)30(22)14(2)3/h10-12,14,24,28,31H,6-9,13,27H2,1-5H3,(H,29,32). The van der Waals surface area contributed by atoms with Crippen molar-refractivity contribution in [1.29, 1.82) is 0 Å². The van der Waals surface area contributed by atoms with Gasteiger partial charge in [-0.1, -0.05) is 24.9 Å². The number of aryl methyl sites for hydroxylation is 3. The molecule has 32 heavy (non-hydrogen) atoms. The molecule has 1 aromatic carbocycles. The van der Waals surface area contributed by atoms with Crippen LogP contribution in [0.1, 0.15) is 73.1 Å². The van der Waals surface area contributed by atoms with Gasteiger partial charge in [-0.3, -0.25) is 10.1 Å². The predicted octanol–water partition coefficient (Wildman–Crippen LogP) is 4.42. The van der Waals surface area contributed by atoms with Crippen LogP contribution in [0.4, 0.5) is 0 Å². The Kier molecular flexibility index (Phi) is 7.83. The Hall–Kier alpha value is -2.12. The third kappa shape index (κ3) is 4.79. The van der Waals surface area contributed by atoms with Gasteiger partial charge in [0.05, 0.1) is 5.52 Å². The SMILES string of the molecule is CCCc1cc(C)[nH]c(=O)c1CNC(O)c1cc(Cl)cc2c1c(C)c(CCN)n2C(C)C. The van der Waals surface area contributed by atoms with Crippen molar-refractivity contribution in [2.24, 2.45) is 5.73 Å². The molecule has 0 aliphatic carbocycles. The lowest BCUT2D eigenvalue weighted by Crippen LogP contribution is -2.27. The lowest BCUT2D eigenvalue weighted by Gasteiger charge is -2.18. The van der Waals surface area contributed by atoms with Gasteiger partial charge in [0.1, 0.15) is 6.23 Å². The summed E-state index contributed by atoms with van der Waals surface area (Å²) in [6.07, 6.45) is 1.54. The van der Waals surface area contributed by atoms with Crippen LogP contribution >= 0.6 is 11.6 Å². The summed E-state index contributed by atoms with van der Waals surface area (Å²) in [6, 6.07) is 5.99. The van der Waals surface area contributed by atoms with Crippen molar-refractivity contribution in [3.63, 3.8) is 0 Å². The third-order valence-corrected chi connectivity index (χ3v) is 6.24. The number of aliphatic hydroxyl groups is 1. The Bertz CT molecular complexity index is 1160. The first-order valence-electron chi connectivity index (χ1n) is 11.4. The number of nitrogens with two attached hydrogens (primary N) is 1. The van der Waals surface area contributed by atoms with Crippen LogP contribution in [0.3, 0.4) is 0 Å². The number of halogens is 1. The number of aliphatic hydroxyl groups excluding tert-OH is 1. The van der Waals surface area contributed by atoms with E-state index in [0.29, 0.717) is 22.7 Å². The first-order chi connectivity index (χ1) is 15.2. The van der Waals surface area contributed by atoms with Crippen LogP contribution in [-0.2, 0) is 19.4 Å². The summed E-state index contributed by atoms with van der Waals surface area (Å²) in [5.74, 6) is 0. The second-order valence-electron chi connectivity index (χ2n) is 8.78. The van der Waals surface area contributed by atoms with Crippen molar-refractivity contribution in [3.8, 4) is 0 Å². The average Bonchev–Trinajstić information content (AvgIpc) is 2.98. The molecule has 7 heteroatoms. The highest BCUT2D eigenvalue weighted by Crippen LogP contribution is 2.36. The molecule has 6 nitrogen and oxygen atoms in total. The highest BCUT2D eigenvalue weighted by Gasteiger charge is 2.22. The molecule has 0 saturated carbocycles. The van der Waals surface area contributed by atoms with Gasteiger partial charge in [-0.2, -0.15) is 0 Å². The van der Waals surface area contributed by atoms with E-state index >= 15 is 0 Å². The maximum Gasteiger partial charge on any atom is 0.252 e. The van der Waals surface area contributed by atoms with Gasteiger partial charge in [-0.15, -0.1) is 0 Å². The van der Waals surface area contributed by atoms with E-state index < -0.39 is 6.23 Å².